The van der Waals surface area contributed by atoms with Crippen molar-refractivity contribution < 1.29 is 18.0 Å². The second-order valence-electron chi connectivity index (χ2n) is 11.3. The fourth-order valence-electron chi connectivity index (χ4n) is 6.92. The van der Waals surface area contributed by atoms with E-state index in [2.05, 4.69) is 36.4 Å². The molecule has 6 rings (SSSR count). The fraction of sp³-hybridized carbons (Fsp3) is 0.630. The maximum absolute atomic E-state index is 13.4. The molecule has 4 aliphatic rings. The van der Waals surface area contributed by atoms with Crippen molar-refractivity contribution in [2.75, 3.05) is 5.32 Å². The van der Waals surface area contributed by atoms with Crippen LogP contribution in [0.25, 0.3) is 10.9 Å². The quantitative estimate of drug-likeness (QED) is 0.539. The Morgan fingerprint density at radius 2 is 1.82 bits per heavy atom. The highest BCUT2D eigenvalue weighted by Crippen LogP contribution is 2.62. The van der Waals surface area contributed by atoms with Gasteiger partial charge in [0.1, 0.15) is 5.69 Å². The summed E-state index contributed by atoms with van der Waals surface area (Å²) in [6.07, 6.45) is 1.12. The highest BCUT2D eigenvalue weighted by atomic mass is 19.4. The van der Waals surface area contributed by atoms with Crippen LogP contribution >= 0.6 is 0 Å². The van der Waals surface area contributed by atoms with Gasteiger partial charge in [-0.15, -0.1) is 0 Å². The van der Waals surface area contributed by atoms with Gasteiger partial charge in [-0.05, 0) is 73.8 Å². The second kappa shape index (κ2) is 8.42. The molecule has 0 saturated heterocycles. The predicted molar refractivity (Wildman–Crippen MR) is 127 cm³/mol. The molecule has 34 heavy (non-hydrogen) atoms. The molecule has 1 amide bonds. The molecule has 2 N–H and O–H groups in total. The van der Waals surface area contributed by atoms with Crippen LogP contribution in [0.1, 0.15) is 65.0 Å². The molecule has 4 nitrogen and oxygen atoms in total. The van der Waals surface area contributed by atoms with Crippen LogP contribution in [-0.2, 0) is 11.0 Å². The molecule has 0 radical (unpaired) electrons. The van der Waals surface area contributed by atoms with Gasteiger partial charge in [0.2, 0.25) is 5.91 Å². The van der Waals surface area contributed by atoms with Crippen molar-refractivity contribution in [2.24, 2.45) is 29.1 Å². The van der Waals surface area contributed by atoms with Crippen molar-refractivity contribution in [2.45, 2.75) is 77.6 Å². The van der Waals surface area contributed by atoms with E-state index in [1.165, 1.54) is 6.42 Å². The Morgan fingerprint density at radius 3 is 2.53 bits per heavy atom. The maximum Gasteiger partial charge on any atom is 0.433 e. The maximum atomic E-state index is 13.4. The molecule has 4 saturated carbocycles. The summed E-state index contributed by atoms with van der Waals surface area (Å²) in [5, 5.41) is 7.35. The number of amides is 1. The largest absolute Gasteiger partial charge is 0.433 e. The molecule has 184 valence electrons. The summed E-state index contributed by atoms with van der Waals surface area (Å²) < 4.78 is 40.3. The molecule has 6 atom stereocenters. The lowest BCUT2D eigenvalue weighted by molar-refractivity contribution is -0.154. The molecule has 4 aliphatic carbocycles. The van der Waals surface area contributed by atoms with E-state index in [1.54, 1.807) is 18.2 Å². The van der Waals surface area contributed by atoms with E-state index in [0.717, 1.165) is 31.7 Å². The van der Waals surface area contributed by atoms with Gasteiger partial charge in [0.25, 0.3) is 0 Å². The summed E-state index contributed by atoms with van der Waals surface area (Å²) in [5.74, 6) is 1.88. The minimum atomic E-state index is -4.50. The third-order valence-corrected chi connectivity index (χ3v) is 9.08. The van der Waals surface area contributed by atoms with E-state index in [4.69, 9.17) is 0 Å². The Morgan fingerprint density at radius 1 is 1.09 bits per heavy atom. The minimum absolute atomic E-state index is 0.00190. The highest BCUT2D eigenvalue weighted by Gasteiger charge is 2.57. The Labute approximate surface area is 199 Å². The van der Waals surface area contributed by atoms with Gasteiger partial charge in [0.15, 0.2) is 0 Å². The number of pyridine rings is 1. The van der Waals surface area contributed by atoms with Crippen molar-refractivity contribution >= 4 is 22.5 Å². The van der Waals surface area contributed by atoms with Gasteiger partial charge < -0.3 is 10.6 Å². The number of alkyl halides is 3. The predicted octanol–water partition coefficient (Wildman–Crippen LogP) is 6.41. The molecular weight excluding hydrogens is 439 g/mol. The molecular formula is C27H34F3N3O. The van der Waals surface area contributed by atoms with Gasteiger partial charge in [-0.1, -0.05) is 39.0 Å². The topological polar surface area (TPSA) is 54.0 Å². The van der Waals surface area contributed by atoms with Crippen LogP contribution in [0.4, 0.5) is 18.9 Å². The lowest BCUT2D eigenvalue weighted by Crippen LogP contribution is -2.58. The molecule has 1 heterocycles. The summed E-state index contributed by atoms with van der Waals surface area (Å²) in [4.78, 5) is 17.0. The molecule has 2 bridgehead atoms. The number of anilines is 1. The molecule has 0 aliphatic heterocycles. The normalized spacial score (nSPS) is 32.6. The number of hydrogen-bond donors (Lipinski definition) is 2. The molecule has 0 spiro atoms. The number of halogens is 3. The van der Waals surface area contributed by atoms with E-state index in [1.807, 2.05) is 6.07 Å². The Kier molecular flexibility index (Phi) is 5.80. The lowest BCUT2D eigenvalue weighted by atomic mass is 9.43. The van der Waals surface area contributed by atoms with Crippen molar-refractivity contribution in [1.82, 2.24) is 10.3 Å². The van der Waals surface area contributed by atoms with Gasteiger partial charge in [-0.2, -0.15) is 13.2 Å². The monoisotopic (exact) mass is 473 g/mol. The third-order valence-electron chi connectivity index (χ3n) is 9.08. The van der Waals surface area contributed by atoms with Gasteiger partial charge in [-0.25, -0.2) is 4.98 Å². The number of hydrogen-bond acceptors (Lipinski definition) is 3. The number of carbonyl (C=O) groups excluding carboxylic acids is 1. The van der Waals surface area contributed by atoms with Crippen molar-refractivity contribution in [3.05, 3.63) is 36.0 Å². The number of nitrogens with one attached hydrogen (secondary N) is 2. The van der Waals surface area contributed by atoms with E-state index >= 15 is 0 Å². The first-order valence-corrected chi connectivity index (χ1v) is 12.6. The summed E-state index contributed by atoms with van der Waals surface area (Å²) in [6, 6.07) is 8.07. The number of rotatable bonds is 4. The SMILES string of the molecule is CC1C(C(=O)N[C@@H]2CCC[C@H](Nc3cc(C(F)(F)F)nc4ccccc34)C2)CC2CC1C2(C)C. The summed E-state index contributed by atoms with van der Waals surface area (Å²) in [6.45, 7) is 6.89. The Bertz CT molecular complexity index is 1080. The molecule has 4 fully saturated rings. The number of fused-ring (bicyclic) bond motifs is 3. The first kappa shape index (κ1) is 23.4. The summed E-state index contributed by atoms with van der Waals surface area (Å²) >= 11 is 0. The summed E-state index contributed by atoms with van der Waals surface area (Å²) in [7, 11) is 0. The van der Waals surface area contributed by atoms with Crippen LogP contribution in [0.15, 0.2) is 30.3 Å². The van der Waals surface area contributed by atoms with E-state index < -0.39 is 11.9 Å². The van der Waals surface area contributed by atoms with Crippen LogP contribution in [0.3, 0.4) is 0 Å². The fourth-order valence-corrected chi connectivity index (χ4v) is 6.92. The van der Waals surface area contributed by atoms with Crippen LogP contribution in [0, 0.1) is 29.1 Å². The first-order chi connectivity index (χ1) is 16.0. The number of para-hydroxylation sites is 1. The van der Waals surface area contributed by atoms with Crippen molar-refractivity contribution in [3.63, 3.8) is 0 Å². The van der Waals surface area contributed by atoms with E-state index in [9.17, 15) is 18.0 Å². The van der Waals surface area contributed by atoms with Gasteiger partial charge in [0, 0.05) is 29.1 Å². The zero-order chi connectivity index (χ0) is 24.3. The molecule has 4 unspecified atom stereocenters. The van der Waals surface area contributed by atoms with Crippen molar-refractivity contribution in [1.29, 1.82) is 0 Å². The van der Waals surface area contributed by atoms with E-state index in [-0.39, 0.29) is 23.9 Å². The van der Waals surface area contributed by atoms with E-state index in [0.29, 0.717) is 46.2 Å². The molecule has 1 aromatic carbocycles. The third kappa shape index (κ3) is 4.16. The lowest BCUT2D eigenvalue weighted by Gasteiger charge is -2.61. The number of aromatic nitrogens is 1. The standard InChI is InChI=1S/C27H34F3N3O/c1-15-20(11-16-12-21(15)26(16,2)3)25(34)32-18-8-6-7-17(13-18)31-23-14-24(27(28,29)30)33-22-10-5-4-9-19(22)23/h4-5,9-10,14-18,20-21H,6-8,11-13H2,1-3H3,(H,31,33)(H,32,34)/t15?,16?,17-,18+,20?,21?/m0/s1. The smallest absolute Gasteiger partial charge is 0.382 e. The average molecular weight is 474 g/mol. The van der Waals surface area contributed by atoms with Crippen LogP contribution < -0.4 is 10.6 Å². The molecule has 2 aromatic rings. The van der Waals surface area contributed by atoms with Gasteiger partial charge >= 0.3 is 6.18 Å². The highest BCUT2D eigenvalue weighted by molar-refractivity contribution is 5.91. The van der Waals surface area contributed by atoms with Crippen LogP contribution in [-0.4, -0.2) is 23.0 Å². The zero-order valence-electron chi connectivity index (χ0n) is 20.1. The Balaban J connectivity index is 1.27. The number of benzene rings is 1. The second-order valence-corrected chi connectivity index (χ2v) is 11.3. The van der Waals surface area contributed by atoms with Gasteiger partial charge in [0.05, 0.1) is 5.52 Å². The zero-order valence-corrected chi connectivity index (χ0v) is 20.1. The number of carbonyl (C=O) groups is 1. The minimum Gasteiger partial charge on any atom is -0.382 e. The van der Waals surface area contributed by atoms with Gasteiger partial charge in [-0.3, -0.25) is 4.79 Å². The van der Waals surface area contributed by atoms with Crippen molar-refractivity contribution in [3.8, 4) is 0 Å². The van der Waals surface area contributed by atoms with Crippen LogP contribution in [0.5, 0.6) is 0 Å². The van der Waals surface area contributed by atoms with Crippen LogP contribution in [0.2, 0.25) is 0 Å². The molecule has 1 aromatic heterocycles. The number of nitrogens with zero attached hydrogens (tertiary/aromatic N) is 1. The molecule has 7 heteroatoms. The first-order valence-electron chi connectivity index (χ1n) is 12.6. The average Bonchev–Trinajstić information content (AvgIpc) is 2.78. The summed E-state index contributed by atoms with van der Waals surface area (Å²) in [5.41, 5.74) is 0.243. The Hall–Kier alpha value is -2.31.